The van der Waals surface area contributed by atoms with Crippen molar-refractivity contribution in [2.75, 3.05) is 31.3 Å². The average molecular weight is 436 g/mol. The second kappa shape index (κ2) is 8.52. The van der Waals surface area contributed by atoms with Crippen LogP contribution in [0.2, 0.25) is 0 Å². The topological polar surface area (TPSA) is 101 Å². The zero-order valence-corrected chi connectivity index (χ0v) is 17.7. The van der Waals surface area contributed by atoms with Gasteiger partial charge in [0.25, 0.3) is 5.69 Å². The third-order valence-corrected chi connectivity index (χ3v) is 7.47. The van der Waals surface area contributed by atoms with Crippen LogP contribution in [-0.2, 0) is 27.0 Å². The van der Waals surface area contributed by atoms with Gasteiger partial charge >= 0.3 is 0 Å². The van der Waals surface area contributed by atoms with E-state index in [-0.39, 0.29) is 22.2 Å². The van der Waals surface area contributed by atoms with E-state index in [4.69, 9.17) is 0 Å². The molecule has 1 aliphatic heterocycles. The number of sulfonamides is 1. The fraction of sp³-hybridized carbons (Fsp3) is 0.316. The van der Waals surface area contributed by atoms with E-state index in [9.17, 15) is 23.3 Å². The molecule has 0 radical (unpaired) electrons. The Morgan fingerprint density at radius 2 is 1.90 bits per heavy atom. The highest BCUT2D eigenvalue weighted by molar-refractivity contribution is 7.99. The third kappa shape index (κ3) is 4.60. The molecule has 1 amide bonds. The van der Waals surface area contributed by atoms with Gasteiger partial charge in [-0.1, -0.05) is 12.1 Å². The molecule has 0 atom stereocenters. The number of thioether (sulfide) groups is 1. The number of hydrogen-bond acceptors (Lipinski definition) is 6. The lowest BCUT2D eigenvalue weighted by Crippen LogP contribution is -2.30. The Morgan fingerprint density at radius 3 is 2.52 bits per heavy atom. The van der Waals surface area contributed by atoms with E-state index < -0.39 is 14.9 Å². The third-order valence-electron chi connectivity index (χ3n) is 4.67. The summed E-state index contributed by atoms with van der Waals surface area (Å²) in [6, 6.07) is 11.1. The molecule has 0 saturated heterocycles. The van der Waals surface area contributed by atoms with Gasteiger partial charge in [-0.05, 0) is 35.7 Å². The average Bonchev–Trinajstić information content (AvgIpc) is 3.11. The van der Waals surface area contributed by atoms with Crippen LogP contribution in [0.15, 0.2) is 47.4 Å². The quantitative estimate of drug-likeness (QED) is 0.490. The number of anilines is 1. The van der Waals surface area contributed by atoms with Gasteiger partial charge in [-0.2, -0.15) is 0 Å². The van der Waals surface area contributed by atoms with Crippen LogP contribution >= 0.6 is 11.8 Å². The van der Waals surface area contributed by atoms with Crippen LogP contribution in [0.4, 0.5) is 11.4 Å². The second-order valence-electron chi connectivity index (χ2n) is 6.79. The van der Waals surface area contributed by atoms with Crippen LogP contribution in [-0.4, -0.2) is 49.9 Å². The molecule has 0 saturated carbocycles. The van der Waals surface area contributed by atoms with Gasteiger partial charge < -0.3 is 4.90 Å². The minimum atomic E-state index is -3.51. The van der Waals surface area contributed by atoms with Crippen molar-refractivity contribution in [3.8, 4) is 0 Å². The normalized spacial score (nSPS) is 13.6. The van der Waals surface area contributed by atoms with Crippen molar-refractivity contribution in [1.82, 2.24) is 4.31 Å². The fourth-order valence-electron chi connectivity index (χ4n) is 3.06. The number of rotatable bonds is 7. The summed E-state index contributed by atoms with van der Waals surface area (Å²) in [7, 11) is -0.533. The molecule has 0 bridgehead atoms. The summed E-state index contributed by atoms with van der Waals surface area (Å²) in [5, 5.41) is 10.7. The zero-order chi connectivity index (χ0) is 21.2. The summed E-state index contributed by atoms with van der Waals surface area (Å²) in [6.45, 7) is 0.526. The highest BCUT2D eigenvalue weighted by Gasteiger charge is 2.27. The van der Waals surface area contributed by atoms with E-state index in [0.717, 1.165) is 16.8 Å². The number of carbonyl (C=O) groups excluding carboxylic acids is 1. The minimum absolute atomic E-state index is 0.0409. The van der Waals surface area contributed by atoms with Crippen molar-refractivity contribution < 1.29 is 18.1 Å². The SMILES string of the molecule is CN(C)S(=O)(=O)c1ccc2c(c1)CCN2C(=O)CSCc1ccc([N+](=O)[O-])cc1. The maximum absolute atomic E-state index is 12.6. The first-order chi connectivity index (χ1) is 13.7. The number of benzene rings is 2. The highest BCUT2D eigenvalue weighted by Crippen LogP contribution is 2.31. The van der Waals surface area contributed by atoms with Gasteiger partial charge in [-0.25, -0.2) is 12.7 Å². The van der Waals surface area contributed by atoms with Crippen LogP contribution in [0.3, 0.4) is 0 Å². The molecule has 154 valence electrons. The molecule has 8 nitrogen and oxygen atoms in total. The van der Waals surface area contributed by atoms with Crippen LogP contribution in [0.5, 0.6) is 0 Å². The molecule has 10 heteroatoms. The number of nitro groups is 1. The van der Waals surface area contributed by atoms with Crippen molar-refractivity contribution in [2.45, 2.75) is 17.1 Å². The van der Waals surface area contributed by atoms with Gasteiger partial charge in [-0.3, -0.25) is 14.9 Å². The summed E-state index contributed by atoms with van der Waals surface area (Å²) in [5.41, 5.74) is 2.55. The van der Waals surface area contributed by atoms with Crippen molar-refractivity contribution in [3.63, 3.8) is 0 Å². The van der Waals surface area contributed by atoms with E-state index in [1.165, 1.54) is 48.4 Å². The zero-order valence-electron chi connectivity index (χ0n) is 16.1. The summed E-state index contributed by atoms with van der Waals surface area (Å²) >= 11 is 1.44. The fourth-order valence-corrected chi connectivity index (χ4v) is 4.87. The molecule has 2 aromatic rings. The lowest BCUT2D eigenvalue weighted by Gasteiger charge is -2.18. The lowest BCUT2D eigenvalue weighted by molar-refractivity contribution is -0.384. The van der Waals surface area contributed by atoms with E-state index in [0.29, 0.717) is 18.7 Å². The predicted octanol–water partition coefficient (Wildman–Crippen LogP) is 2.67. The molecule has 1 aliphatic rings. The van der Waals surface area contributed by atoms with Crippen molar-refractivity contribution in [3.05, 3.63) is 63.7 Å². The lowest BCUT2D eigenvalue weighted by atomic mass is 10.2. The van der Waals surface area contributed by atoms with Crippen molar-refractivity contribution in [1.29, 1.82) is 0 Å². The van der Waals surface area contributed by atoms with Gasteiger partial charge in [-0.15, -0.1) is 11.8 Å². The van der Waals surface area contributed by atoms with Crippen LogP contribution in [0.25, 0.3) is 0 Å². The van der Waals surface area contributed by atoms with E-state index in [1.807, 2.05) is 0 Å². The Kier molecular flexibility index (Phi) is 6.25. The Balaban J connectivity index is 1.61. The number of nitro benzene ring substituents is 1. The monoisotopic (exact) mass is 435 g/mol. The standard InChI is InChI=1S/C19H21N3O5S2/c1-20(2)29(26,27)17-7-8-18-15(11-17)9-10-21(18)19(23)13-28-12-14-3-5-16(6-4-14)22(24)25/h3-8,11H,9-10,12-13H2,1-2H3. The summed E-state index contributed by atoms with van der Waals surface area (Å²) in [4.78, 5) is 24.8. The number of hydrogen-bond donors (Lipinski definition) is 0. The maximum atomic E-state index is 12.6. The first-order valence-electron chi connectivity index (χ1n) is 8.87. The summed E-state index contributed by atoms with van der Waals surface area (Å²) in [6.07, 6.45) is 0.616. The van der Waals surface area contributed by atoms with Crippen LogP contribution < -0.4 is 4.90 Å². The van der Waals surface area contributed by atoms with Gasteiger partial charge in [0.2, 0.25) is 15.9 Å². The number of carbonyl (C=O) groups is 1. The van der Waals surface area contributed by atoms with E-state index in [1.54, 1.807) is 29.2 Å². The molecule has 0 N–H and O–H groups in total. The summed E-state index contributed by atoms with van der Waals surface area (Å²) < 4.78 is 25.7. The smallest absolute Gasteiger partial charge is 0.269 e. The van der Waals surface area contributed by atoms with Gasteiger partial charge in [0.15, 0.2) is 0 Å². The number of nitrogens with zero attached hydrogens (tertiary/aromatic N) is 3. The maximum Gasteiger partial charge on any atom is 0.269 e. The van der Waals surface area contributed by atoms with Gasteiger partial charge in [0, 0.05) is 44.2 Å². The van der Waals surface area contributed by atoms with E-state index in [2.05, 4.69) is 0 Å². The summed E-state index contributed by atoms with van der Waals surface area (Å²) in [5.74, 6) is 0.803. The first kappa shape index (κ1) is 21.3. The molecule has 29 heavy (non-hydrogen) atoms. The second-order valence-corrected chi connectivity index (χ2v) is 9.93. The molecule has 0 spiro atoms. The molecule has 0 unspecified atom stereocenters. The van der Waals surface area contributed by atoms with E-state index >= 15 is 0 Å². The first-order valence-corrected chi connectivity index (χ1v) is 11.5. The number of amides is 1. The van der Waals surface area contributed by atoms with Crippen molar-refractivity contribution >= 4 is 39.1 Å². The molecule has 0 fully saturated rings. The molecular weight excluding hydrogens is 414 g/mol. The van der Waals surface area contributed by atoms with Gasteiger partial charge in [0.05, 0.1) is 15.6 Å². The molecule has 0 aromatic heterocycles. The van der Waals surface area contributed by atoms with Gasteiger partial charge in [0.1, 0.15) is 0 Å². The number of fused-ring (bicyclic) bond motifs is 1. The molecule has 0 aliphatic carbocycles. The molecule has 1 heterocycles. The Morgan fingerprint density at radius 1 is 1.21 bits per heavy atom. The van der Waals surface area contributed by atoms with Crippen LogP contribution in [0.1, 0.15) is 11.1 Å². The van der Waals surface area contributed by atoms with Crippen LogP contribution in [0, 0.1) is 10.1 Å². The minimum Gasteiger partial charge on any atom is -0.311 e. The molecule has 3 rings (SSSR count). The Bertz CT molecular complexity index is 1040. The largest absolute Gasteiger partial charge is 0.311 e. The molecule has 2 aromatic carbocycles. The predicted molar refractivity (Wildman–Crippen MR) is 113 cm³/mol. The van der Waals surface area contributed by atoms with Crippen molar-refractivity contribution in [2.24, 2.45) is 0 Å². The Labute approximate surface area is 173 Å². The number of non-ortho nitro benzene ring substituents is 1. The molecular formula is C19H21N3O5S2. The highest BCUT2D eigenvalue weighted by atomic mass is 32.2. The Hall–Kier alpha value is -2.43.